The number of amides is 3. The number of nitrogens with one attached hydrogen (secondary N) is 1. The van der Waals surface area contributed by atoms with Gasteiger partial charge in [0.15, 0.2) is 11.0 Å². The maximum atomic E-state index is 12.9. The molecule has 0 spiro atoms. The van der Waals surface area contributed by atoms with Crippen molar-refractivity contribution in [1.82, 2.24) is 20.1 Å². The summed E-state index contributed by atoms with van der Waals surface area (Å²) in [4.78, 5) is 22.1. The molecule has 10 heteroatoms. The van der Waals surface area contributed by atoms with Crippen LogP contribution >= 0.6 is 11.8 Å². The fourth-order valence-electron chi connectivity index (χ4n) is 1.83. The fourth-order valence-corrected chi connectivity index (χ4v) is 2.59. The number of imide groups is 1. The summed E-state index contributed by atoms with van der Waals surface area (Å²) in [6.45, 7) is 4.19. The molecule has 1 heterocycles. The van der Waals surface area contributed by atoms with E-state index in [1.165, 1.54) is 24.3 Å². The minimum absolute atomic E-state index is 0.0446. The van der Waals surface area contributed by atoms with E-state index in [1.54, 1.807) is 10.6 Å². The summed E-state index contributed by atoms with van der Waals surface area (Å²) in [5.41, 5.74) is 4.88. The average Bonchev–Trinajstić information content (AvgIpc) is 2.94. The number of aromatic nitrogens is 3. The molecule has 0 saturated carbocycles. The summed E-state index contributed by atoms with van der Waals surface area (Å²) in [7, 11) is 0. The van der Waals surface area contributed by atoms with Crippen molar-refractivity contribution in [2.24, 2.45) is 5.73 Å². The standard InChI is InChI=1S/C15H16FN5O3S/c1-2-7-21-12(8-24-11-5-3-10(16)4-6-11)19-20-15(21)25-9-13(22)18-14(17)23/h2-6H,1,7-9H2,(H3,17,18,22,23). The summed E-state index contributed by atoms with van der Waals surface area (Å²) in [6.07, 6.45) is 1.65. The minimum Gasteiger partial charge on any atom is -0.486 e. The first-order valence-corrected chi connectivity index (χ1v) is 8.11. The third kappa shape index (κ3) is 5.60. The molecule has 132 valence electrons. The van der Waals surface area contributed by atoms with Crippen LogP contribution in [0.5, 0.6) is 5.75 Å². The highest BCUT2D eigenvalue weighted by Gasteiger charge is 2.14. The summed E-state index contributed by atoms with van der Waals surface area (Å²) < 4.78 is 20.2. The highest BCUT2D eigenvalue weighted by molar-refractivity contribution is 7.99. The Labute approximate surface area is 147 Å². The molecule has 1 aromatic carbocycles. The van der Waals surface area contributed by atoms with Crippen molar-refractivity contribution < 1.29 is 18.7 Å². The lowest BCUT2D eigenvalue weighted by atomic mass is 10.3. The van der Waals surface area contributed by atoms with Gasteiger partial charge in [0, 0.05) is 6.54 Å². The van der Waals surface area contributed by atoms with Crippen molar-refractivity contribution in [2.45, 2.75) is 18.3 Å². The lowest BCUT2D eigenvalue weighted by Crippen LogP contribution is -2.36. The smallest absolute Gasteiger partial charge is 0.318 e. The Morgan fingerprint density at radius 3 is 2.72 bits per heavy atom. The van der Waals surface area contributed by atoms with E-state index in [0.29, 0.717) is 23.3 Å². The van der Waals surface area contributed by atoms with Gasteiger partial charge in [-0.25, -0.2) is 9.18 Å². The molecule has 0 radical (unpaired) electrons. The molecule has 0 bridgehead atoms. The number of ether oxygens (including phenoxy) is 1. The summed E-state index contributed by atoms with van der Waals surface area (Å²) in [6, 6.07) is 4.69. The molecule has 0 aliphatic heterocycles. The van der Waals surface area contributed by atoms with Gasteiger partial charge in [0.1, 0.15) is 18.2 Å². The zero-order valence-corrected chi connectivity index (χ0v) is 14.0. The molecule has 0 atom stereocenters. The third-order valence-corrected chi connectivity index (χ3v) is 3.85. The highest BCUT2D eigenvalue weighted by atomic mass is 32.2. The Morgan fingerprint density at radius 2 is 2.08 bits per heavy atom. The summed E-state index contributed by atoms with van der Waals surface area (Å²) >= 11 is 1.10. The number of thioether (sulfide) groups is 1. The van der Waals surface area contributed by atoms with E-state index in [0.717, 1.165) is 11.8 Å². The van der Waals surface area contributed by atoms with E-state index in [-0.39, 0.29) is 18.2 Å². The van der Waals surface area contributed by atoms with Crippen LogP contribution in [0.15, 0.2) is 42.1 Å². The Morgan fingerprint density at radius 1 is 1.36 bits per heavy atom. The van der Waals surface area contributed by atoms with Crippen molar-refractivity contribution in [3.05, 3.63) is 48.6 Å². The molecule has 0 aliphatic rings. The molecule has 0 saturated heterocycles. The van der Waals surface area contributed by atoms with Gasteiger partial charge in [-0.15, -0.1) is 16.8 Å². The monoisotopic (exact) mass is 365 g/mol. The van der Waals surface area contributed by atoms with Gasteiger partial charge in [-0.3, -0.25) is 14.7 Å². The second-order valence-electron chi connectivity index (χ2n) is 4.74. The second kappa shape index (κ2) is 8.83. The molecule has 3 N–H and O–H groups in total. The fraction of sp³-hybridized carbons (Fsp3) is 0.200. The van der Waals surface area contributed by atoms with Crippen LogP contribution in [0.2, 0.25) is 0 Å². The number of carbonyl (C=O) groups is 2. The number of hydrogen-bond donors (Lipinski definition) is 2. The number of rotatable bonds is 8. The Kier molecular flexibility index (Phi) is 6.52. The number of allylic oxidation sites excluding steroid dienone is 1. The zero-order chi connectivity index (χ0) is 18.2. The quantitative estimate of drug-likeness (QED) is 0.541. The van der Waals surface area contributed by atoms with Crippen LogP contribution in [-0.4, -0.2) is 32.5 Å². The molecule has 0 fully saturated rings. The van der Waals surface area contributed by atoms with Gasteiger partial charge in [0.25, 0.3) is 0 Å². The largest absolute Gasteiger partial charge is 0.486 e. The van der Waals surface area contributed by atoms with E-state index < -0.39 is 11.9 Å². The number of carbonyl (C=O) groups excluding carboxylic acids is 2. The molecule has 8 nitrogen and oxygen atoms in total. The van der Waals surface area contributed by atoms with Crippen LogP contribution in [0.1, 0.15) is 5.82 Å². The van der Waals surface area contributed by atoms with Gasteiger partial charge in [-0.2, -0.15) is 0 Å². The molecule has 1 aromatic heterocycles. The van der Waals surface area contributed by atoms with Gasteiger partial charge in [-0.1, -0.05) is 17.8 Å². The third-order valence-electron chi connectivity index (χ3n) is 2.88. The van der Waals surface area contributed by atoms with Crippen molar-refractivity contribution in [3.63, 3.8) is 0 Å². The van der Waals surface area contributed by atoms with Crippen molar-refractivity contribution in [3.8, 4) is 5.75 Å². The van der Waals surface area contributed by atoms with Crippen LogP contribution in [0.25, 0.3) is 0 Å². The lowest BCUT2D eigenvalue weighted by Gasteiger charge is -2.09. The van der Waals surface area contributed by atoms with E-state index in [4.69, 9.17) is 10.5 Å². The van der Waals surface area contributed by atoms with Crippen LogP contribution in [0.3, 0.4) is 0 Å². The molecule has 25 heavy (non-hydrogen) atoms. The molecular weight excluding hydrogens is 349 g/mol. The predicted molar refractivity (Wildman–Crippen MR) is 89.4 cm³/mol. The molecule has 0 unspecified atom stereocenters. The Balaban J connectivity index is 2.02. The predicted octanol–water partition coefficient (Wildman–Crippen LogP) is 1.47. The lowest BCUT2D eigenvalue weighted by molar-refractivity contribution is -0.117. The number of hydrogen-bond acceptors (Lipinski definition) is 6. The normalized spacial score (nSPS) is 10.3. The highest BCUT2D eigenvalue weighted by Crippen LogP contribution is 2.19. The summed E-state index contributed by atoms with van der Waals surface area (Å²) in [5, 5.41) is 10.5. The summed E-state index contributed by atoms with van der Waals surface area (Å²) in [5.74, 6) is 0.0771. The van der Waals surface area contributed by atoms with Gasteiger partial charge in [-0.05, 0) is 24.3 Å². The second-order valence-corrected chi connectivity index (χ2v) is 5.68. The number of nitrogens with two attached hydrogens (primary N) is 1. The first-order valence-electron chi connectivity index (χ1n) is 7.13. The van der Waals surface area contributed by atoms with Gasteiger partial charge in [0.05, 0.1) is 5.75 Å². The van der Waals surface area contributed by atoms with Crippen LogP contribution in [-0.2, 0) is 17.9 Å². The maximum Gasteiger partial charge on any atom is 0.318 e. The Hall–Kier alpha value is -2.88. The Bertz CT molecular complexity index is 763. The number of benzene rings is 1. The van der Waals surface area contributed by atoms with Crippen LogP contribution in [0.4, 0.5) is 9.18 Å². The van der Waals surface area contributed by atoms with Gasteiger partial charge < -0.3 is 10.5 Å². The maximum absolute atomic E-state index is 12.9. The molecule has 2 rings (SSSR count). The minimum atomic E-state index is -0.911. The average molecular weight is 365 g/mol. The molecule has 2 aromatic rings. The molecule has 0 aliphatic carbocycles. The van der Waals surface area contributed by atoms with E-state index in [2.05, 4.69) is 16.8 Å². The van der Waals surface area contributed by atoms with Crippen molar-refractivity contribution in [2.75, 3.05) is 5.75 Å². The number of urea groups is 1. The van der Waals surface area contributed by atoms with E-state index in [1.807, 2.05) is 5.32 Å². The van der Waals surface area contributed by atoms with Crippen LogP contribution in [0, 0.1) is 5.82 Å². The van der Waals surface area contributed by atoms with Crippen LogP contribution < -0.4 is 15.8 Å². The topological polar surface area (TPSA) is 112 Å². The number of primary amides is 1. The van der Waals surface area contributed by atoms with Crippen molar-refractivity contribution >= 4 is 23.7 Å². The number of nitrogens with zero attached hydrogens (tertiary/aromatic N) is 3. The first kappa shape index (κ1) is 18.5. The van der Waals surface area contributed by atoms with Crippen molar-refractivity contribution in [1.29, 1.82) is 0 Å². The van der Waals surface area contributed by atoms with E-state index in [9.17, 15) is 14.0 Å². The van der Waals surface area contributed by atoms with Gasteiger partial charge >= 0.3 is 6.03 Å². The van der Waals surface area contributed by atoms with E-state index >= 15 is 0 Å². The zero-order valence-electron chi connectivity index (χ0n) is 13.1. The molecular formula is C15H16FN5O3S. The number of halogens is 1. The van der Waals surface area contributed by atoms with Gasteiger partial charge in [0.2, 0.25) is 5.91 Å². The first-order chi connectivity index (χ1) is 12.0. The molecule has 3 amide bonds. The SMILES string of the molecule is C=CCn1c(COc2ccc(F)cc2)nnc1SCC(=O)NC(N)=O.